The third-order valence-corrected chi connectivity index (χ3v) is 5.11. The minimum absolute atomic E-state index is 0.0480. The van der Waals surface area contributed by atoms with Crippen molar-refractivity contribution in [1.29, 1.82) is 0 Å². The Morgan fingerprint density at radius 3 is 2.63 bits per heavy atom. The molecule has 0 unspecified atom stereocenters. The monoisotopic (exact) mass is 306 g/mol. The van der Waals surface area contributed by atoms with Crippen LogP contribution in [0.2, 0.25) is 0 Å². The summed E-state index contributed by atoms with van der Waals surface area (Å²) in [6.07, 6.45) is 1.99. The Bertz CT molecular complexity index is 678. The van der Waals surface area contributed by atoms with Gasteiger partial charge in [0.05, 0.1) is 14.6 Å². The molecule has 0 spiro atoms. The molecule has 0 amide bonds. The summed E-state index contributed by atoms with van der Waals surface area (Å²) in [6.45, 7) is 0. The number of thioether (sulfide) groups is 1. The first-order valence-electron chi connectivity index (χ1n) is 5.59. The zero-order valence-electron chi connectivity index (χ0n) is 10.1. The fourth-order valence-corrected chi connectivity index (χ4v) is 3.76. The normalized spacial score (nSPS) is 10.8. The first kappa shape index (κ1) is 12.7. The summed E-state index contributed by atoms with van der Waals surface area (Å²) >= 11 is 4.64. The maximum atomic E-state index is 12.3. The predicted octanol–water partition coefficient (Wildman–Crippen LogP) is 5.02. The smallest absolute Gasteiger partial charge is 0.238 e. The number of carbonyl (C=O) groups is 1. The van der Waals surface area contributed by atoms with Crippen LogP contribution >= 0.6 is 34.4 Å². The van der Waals surface area contributed by atoms with E-state index in [1.54, 1.807) is 23.1 Å². The van der Waals surface area contributed by atoms with Crippen LogP contribution in [0.5, 0.6) is 0 Å². The zero-order chi connectivity index (χ0) is 13.2. The number of furan rings is 1. The summed E-state index contributed by atoms with van der Waals surface area (Å²) in [5.41, 5.74) is 0. The second kappa shape index (κ2) is 5.36. The molecule has 0 aliphatic carbocycles. The molecular weight excluding hydrogens is 296 g/mol. The molecule has 3 heterocycles. The lowest BCUT2D eigenvalue weighted by molar-refractivity contribution is 0.101. The van der Waals surface area contributed by atoms with Crippen molar-refractivity contribution in [2.24, 2.45) is 0 Å². The molecular formula is C14H10O2S3. The predicted molar refractivity (Wildman–Crippen MR) is 81.6 cm³/mol. The fraction of sp³-hybridized carbons (Fsp3) is 0.0714. The Morgan fingerprint density at radius 1 is 1.21 bits per heavy atom. The second-order valence-corrected chi connectivity index (χ2v) is 6.54. The Kier molecular flexibility index (Phi) is 3.59. The molecule has 3 aromatic rings. The van der Waals surface area contributed by atoms with Gasteiger partial charge in [-0.25, -0.2) is 0 Å². The number of thiophene rings is 2. The van der Waals surface area contributed by atoms with E-state index in [1.165, 1.54) is 11.3 Å². The van der Waals surface area contributed by atoms with Crippen LogP contribution in [-0.2, 0) is 0 Å². The van der Waals surface area contributed by atoms with E-state index in [9.17, 15) is 4.79 Å². The van der Waals surface area contributed by atoms with Crippen LogP contribution in [0.25, 0.3) is 10.6 Å². The first-order valence-corrected chi connectivity index (χ1v) is 8.58. The van der Waals surface area contributed by atoms with Crippen LogP contribution in [0.15, 0.2) is 50.4 Å². The minimum Gasteiger partial charge on any atom is -0.450 e. The number of rotatable bonds is 4. The van der Waals surface area contributed by atoms with Crippen molar-refractivity contribution in [3.05, 3.63) is 51.7 Å². The maximum Gasteiger partial charge on any atom is 0.238 e. The van der Waals surface area contributed by atoms with Crippen LogP contribution in [0.4, 0.5) is 0 Å². The Balaban J connectivity index is 2.03. The van der Waals surface area contributed by atoms with Crippen LogP contribution in [-0.4, -0.2) is 12.0 Å². The Hall–Kier alpha value is -1.30. The van der Waals surface area contributed by atoms with Crippen molar-refractivity contribution in [2.75, 3.05) is 6.26 Å². The average Bonchev–Trinajstić information content (AvgIpc) is 3.16. The van der Waals surface area contributed by atoms with E-state index in [2.05, 4.69) is 0 Å². The van der Waals surface area contributed by atoms with Gasteiger partial charge < -0.3 is 4.42 Å². The molecule has 0 bridgehead atoms. The van der Waals surface area contributed by atoms with Crippen molar-refractivity contribution >= 4 is 40.2 Å². The van der Waals surface area contributed by atoms with E-state index in [0.29, 0.717) is 10.6 Å². The van der Waals surface area contributed by atoms with Gasteiger partial charge in [0, 0.05) is 6.07 Å². The van der Waals surface area contributed by atoms with Crippen LogP contribution < -0.4 is 0 Å². The van der Waals surface area contributed by atoms with E-state index in [4.69, 9.17) is 4.42 Å². The lowest BCUT2D eigenvalue weighted by Crippen LogP contribution is -1.95. The zero-order valence-corrected chi connectivity index (χ0v) is 12.5. The molecule has 0 aliphatic rings. The number of hydrogen-bond donors (Lipinski definition) is 0. The maximum absolute atomic E-state index is 12.3. The third kappa shape index (κ3) is 2.41. The van der Waals surface area contributed by atoms with E-state index >= 15 is 0 Å². The molecule has 0 N–H and O–H groups in total. The lowest BCUT2D eigenvalue weighted by atomic mass is 10.2. The fourth-order valence-electron chi connectivity index (χ4n) is 1.75. The van der Waals surface area contributed by atoms with E-state index in [-0.39, 0.29) is 5.78 Å². The van der Waals surface area contributed by atoms with Crippen molar-refractivity contribution in [2.45, 2.75) is 4.90 Å². The molecule has 0 radical (unpaired) electrons. The van der Waals surface area contributed by atoms with Gasteiger partial charge in [0.2, 0.25) is 5.78 Å². The highest BCUT2D eigenvalue weighted by atomic mass is 32.2. The van der Waals surface area contributed by atoms with Gasteiger partial charge in [0.1, 0.15) is 0 Å². The molecule has 5 heteroatoms. The average molecular weight is 306 g/mol. The molecule has 0 saturated heterocycles. The molecule has 19 heavy (non-hydrogen) atoms. The van der Waals surface area contributed by atoms with Crippen LogP contribution in [0.1, 0.15) is 15.4 Å². The number of hydrogen-bond acceptors (Lipinski definition) is 5. The van der Waals surface area contributed by atoms with Gasteiger partial charge in [-0.1, -0.05) is 12.1 Å². The summed E-state index contributed by atoms with van der Waals surface area (Å²) in [4.78, 5) is 15.0. The second-order valence-electron chi connectivity index (χ2n) is 3.79. The molecule has 96 valence electrons. The van der Waals surface area contributed by atoms with Gasteiger partial charge in [0.15, 0.2) is 11.5 Å². The summed E-state index contributed by atoms with van der Waals surface area (Å²) in [5, 5.41) is 3.90. The molecule has 0 saturated carbocycles. The van der Waals surface area contributed by atoms with Gasteiger partial charge in [-0.15, -0.1) is 34.4 Å². The van der Waals surface area contributed by atoms with Gasteiger partial charge in [0.25, 0.3) is 0 Å². The SMILES string of the molecule is CSc1cc(C(=O)c2cccs2)oc1-c1cccs1. The highest BCUT2D eigenvalue weighted by Crippen LogP contribution is 2.36. The Morgan fingerprint density at radius 2 is 2.00 bits per heavy atom. The van der Waals surface area contributed by atoms with E-state index in [0.717, 1.165) is 15.5 Å². The molecule has 0 aromatic carbocycles. The Labute approximate surface area is 123 Å². The molecule has 0 aliphatic heterocycles. The first-order chi connectivity index (χ1) is 9.29. The van der Waals surface area contributed by atoms with Crippen molar-refractivity contribution in [1.82, 2.24) is 0 Å². The molecule has 3 aromatic heterocycles. The third-order valence-electron chi connectivity index (χ3n) is 2.63. The highest BCUT2D eigenvalue weighted by Gasteiger charge is 2.19. The van der Waals surface area contributed by atoms with Crippen molar-refractivity contribution < 1.29 is 9.21 Å². The summed E-state index contributed by atoms with van der Waals surface area (Å²) in [7, 11) is 0. The summed E-state index contributed by atoms with van der Waals surface area (Å²) in [5.74, 6) is 1.16. The van der Waals surface area contributed by atoms with E-state index in [1.807, 2.05) is 47.3 Å². The highest BCUT2D eigenvalue weighted by molar-refractivity contribution is 7.98. The van der Waals surface area contributed by atoms with Gasteiger partial charge in [-0.05, 0) is 29.1 Å². The molecule has 0 atom stereocenters. The largest absolute Gasteiger partial charge is 0.450 e. The molecule has 2 nitrogen and oxygen atoms in total. The number of carbonyl (C=O) groups excluding carboxylic acids is 1. The van der Waals surface area contributed by atoms with Gasteiger partial charge in [-0.2, -0.15) is 0 Å². The number of ketones is 1. The topological polar surface area (TPSA) is 30.2 Å². The molecule has 0 fully saturated rings. The lowest BCUT2D eigenvalue weighted by Gasteiger charge is -1.95. The van der Waals surface area contributed by atoms with Crippen LogP contribution in [0.3, 0.4) is 0 Å². The quantitative estimate of drug-likeness (QED) is 0.500. The van der Waals surface area contributed by atoms with Crippen LogP contribution in [0, 0.1) is 0 Å². The van der Waals surface area contributed by atoms with E-state index < -0.39 is 0 Å². The summed E-state index contributed by atoms with van der Waals surface area (Å²) in [6, 6.07) is 9.51. The van der Waals surface area contributed by atoms with Gasteiger partial charge >= 0.3 is 0 Å². The summed E-state index contributed by atoms with van der Waals surface area (Å²) < 4.78 is 5.78. The standard InChI is InChI=1S/C14H10O2S3/c1-17-12-8-9(13(15)10-4-2-6-18-10)16-14(12)11-5-3-7-19-11/h2-8H,1H3. The molecule has 3 rings (SSSR count). The van der Waals surface area contributed by atoms with Crippen molar-refractivity contribution in [3.63, 3.8) is 0 Å². The minimum atomic E-state index is -0.0480. The van der Waals surface area contributed by atoms with Crippen molar-refractivity contribution in [3.8, 4) is 10.6 Å². The van der Waals surface area contributed by atoms with Gasteiger partial charge in [-0.3, -0.25) is 4.79 Å².